The summed E-state index contributed by atoms with van der Waals surface area (Å²) in [5, 5.41) is 8.33. The van der Waals surface area contributed by atoms with Gasteiger partial charge >= 0.3 is 11.9 Å². The lowest BCUT2D eigenvalue weighted by Crippen LogP contribution is -2.65. The topological polar surface area (TPSA) is 131 Å². The maximum Gasteiger partial charge on any atom is 0.328 e. The molecular formula is C32H50N2O7S. The number of hydrogen-bond donors (Lipinski definition) is 1. The van der Waals surface area contributed by atoms with Crippen molar-refractivity contribution < 1.29 is 32.6 Å². The summed E-state index contributed by atoms with van der Waals surface area (Å²) in [6.45, 7) is 4.89. The summed E-state index contributed by atoms with van der Waals surface area (Å²) in [6.07, 6.45) is 18.6. The fourth-order valence-corrected chi connectivity index (χ4v) is 8.65. The van der Waals surface area contributed by atoms with Gasteiger partial charge in [0.1, 0.15) is 12.0 Å². The third-order valence-corrected chi connectivity index (χ3v) is 11.7. The Morgan fingerprint density at radius 2 is 1.45 bits per heavy atom. The van der Waals surface area contributed by atoms with Crippen molar-refractivity contribution in [2.45, 2.75) is 146 Å². The second-order valence-electron chi connectivity index (χ2n) is 12.4. The van der Waals surface area contributed by atoms with Crippen LogP contribution in [0.5, 0.6) is 0 Å². The number of carbonyl (C=O) groups excluding carboxylic acids is 2. The van der Waals surface area contributed by atoms with E-state index in [4.69, 9.17) is 4.74 Å². The number of nitrogens with zero attached hydrogens (tertiary/aromatic N) is 2. The van der Waals surface area contributed by atoms with Crippen molar-refractivity contribution in [3.8, 4) is 0 Å². The molecule has 2 fully saturated rings. The number of aromatic nitrogens is 1. The minimum Gasteiger partial charge on any atom is -0.480 e. The Morgan fingerprint density at radius 3 is 1.93 bits per heavy atom. The summed E-state index contributed by atoms with van der Waals surface area (Å²) in [4.78, 5) is 43.1. The van der Waals surface area contributed by atoms with Crippen LogP contribution in [0.1, 0.15) is 135 Å². The molecule has 42 heavy (non-hydrogen) atoms. The van der Waals surface area contributed by atoms with E-state index in [0.717, 1.165) is 24.2 Å². The quantitative estimate of drug-likeness (QED) is 0.103. The van der Waals surface area contributed by atoms with Gasteiger partial charge in [-0.15, -0.1) is 0 Å². The summed E-state index contributed by atoms with van der Waals surface area (Å²) >= 11 is 0. The Morgan fingerprint density at radius 1 is 0.929 bits per heavy atom. The lowest BCUT2D eigenvalue weighted by molar-refractivity contribution is -0.176. The molecule has 10 heteroatoms. The predicted molar refractivity (Wildman–Crippen MR) is 161 cm³/mol. The van der Waals surface area contributed by atoms with Crippen LogP contribution in [0.25, 0.3) is 0 Å². The first-order valence-electron chi connectivity index (χ1n) is 15.9. The Hall–Kier alpha value is -2.49. The minimum atomic E-state index is -4.07. The zero-order valence-corrected chi connectivity index (χ0v) is 26.4. The maximum atomic E-state index is 13.4. The molecule has 0 aromatic carbocycles. The van der Waals surface area contributed by atoms with E-state index in [1.165, 1.54) is 90.7 Å². The molecule has 0 saturated carbocycles. The highest BCUT2D eigenvalue weighted by atomic mass is 32.2. The van der Waals surface area contributed by atoms with Crippen molar-refractivity contribution in [2.24, 2.45) is 5.92 Å². The van der Waals surface area contributed by atoms with Gasteiger partial charge in [-0.2, -0.15) is 0 Å². The SMILES string of the molecule is CCCCCCCCCCCCCCCCCC(=O)O[C@H](c1ccccn1)[C@@H]1C(=O)N2[C@@H](C(=O)O)C(C)(C)S(=O)(=O)[C@H]12. The molecular weight excluding hydrogens is 556 g/mol. The molecule has 2 saturated heterocycles. The molecule has 1 aromatic rings. The van der Waals surface area contributed by atoms with Crippen LogP contribution in [0.15, 0.2) is 24.4 Å². The van der Waals surface area contributed by atoms with E-state index in [1.807, 2.05) is 0 Å². The van der Waals surface area contributed by atoms with Crippen molar-refractivity contribution in [2.75, 3.05) is 0 Å². The summed E-state index contributed by atoms with van der Waals surface area (Å²) in [7, 11) is -4.07. The highest BCUT2D eigenvalue weighted by molar-refractivity contribution is 7.93. The van der Waals surface area contributed by atoms with Crippen molar-refractivity contribution >= 4 is 27.7 Å². The molecule has 0 bridgehead atoms. The number of carbonyl (C=O) groups is 3. The minimum absolute atomic E-state index is 0.160. The molecule has 2 aliphatic rings. The van der Waals surface area contributed by atoms with E-state index in [-0.39, 0.29) is 12.1 Å². The summed E-state index contributed by atoms with van der Waals surface area (Å²) in [6, 6.07) is 3.42. The zero-order valence-electron chi connectivity index (χ0n) is 25.6. The molecule has 0 aliphatic carbocycles. The number of fused-ring (bicyclic) bond motifs is 1. The second-order valence-corrected chi connectivity index (χ2v) is 15.0. The fraction of sp³-hybridized carbons (Fsp3) is 0.750. The number of esters is 1. The predicted octanol–water partition coefficient (Wildman–Crippen LogP) is 6.37. The van der Waals surface area contributed by atoms with E-state index >= 15 is 0 Å². The zero-order chi connectivity index (χ0) is 30.8. The first kappa shape index (κ1) is 34.0. The number of ether oxygens (including phenoxy) is 1. The fourth-order valence-electron chi connectivity index (χ4n) is 6.33. The number of sulfone groups is 1. The Labute approximate surface area is 251 Å². The van der Waals surface area contributed by atoms with E-state index in [2.05, 4.69) is 11.9 Å². The van der Waals surface area contributed by atoms with E-state index in [1.54, 1.807) is 18.2 Å². The van der Waals surface area contributed by atoms with Crippen molar-refractivity contribution in [3.63, 3.8) is 0 Å². The molecule has 9 nitrogen and oxygen atoms in total. The number of rotatable bonds is 20. The Bertz CT molecular complexity index is 1140. The van der Waals surface area contributed by atoms with Gasteiger partial charge in [-0.25, -0.2) is 13.2 Å². The Kier molecular flexibility index (Phi) is 12.8. The highest BCUT2D eigenvalue weighted by Crippen LogP contribution is 2.52. The molecule has 236 valence electrons. The monoisotopic (exact) mass is 606 g/mol. The number of pyridine rings is 1. The second kappa shape index (κ2) is 15.8. The number of aliphatic carboxylic acids is 1. The lowest BCUT2D eigenvalue weighted by atomic mass is 9.86. The average molecular weight is 607 g/mol. The van der Waals surface area contributed by atoms with Crippen LogP contribution < -0.4 is 0 Å². The van der Waals surface area contributed by atoms with Crippen molar-refractivity contribution in [3.05, 3.63) is 30.1 Å². The van der Waals surface area contributed by atoms with Crippen LogP contribution in [0.4, 0.5) is 0 Å². The van der Waals surface area contributed by atoms with Gasteiger partial charge in [0.2, 0.25) is 5.91 Å². The van der Waals surface area contributed by atoms with Crippen LogP contribution in [0.2, 0.25) is 0 Å². The highest BCUT2D eigenvalue weighted by Gasteiger charge is 2.74. The molecule has 2 aliphatic heterocycles. The average Bonchev–Trinajstić information content (AvgIpc) is 3.09. The first-order chi connectivity index (χ1) is 20.1. The largest absolute Gasteiger partial charge is 0.480 e. The number of unbranched alkanes of at least 4 members (excludes halogenated alkanes) is 14. The molecule has 0 spiro atoms. The van der Waals surface area contributed by atoms with Gasteiger partial charge in [0, 0.05) is 12.6 Å². The van der Waals surface area contributed by atoms with Crippen LogP contribution in [-0.4, -0.2) is 57.4 Å². The Balaban J connectivity index is 1.43. The standard InChI is InChI=1S/C32H50N2O7S/c1-4-5-6-7-8-9-10-11-12-13-14-15-16-17-18-22-25(35)41-27(24-21-19-20-23-33-24)26-29(36)34-28(31(37)38)32(2,3)42(39,40)30(26)34/h19-21,23,26-28,30H,4-18,22H2,1-3H3,(H,37,38)/t26-,27-,28+,30-/m1/s1. The van der Waals surface area contributed by atoms with Crippen LogP contribution >= 0.6 is 0 Å². The first-order valence-corrected chi connectivity index (χ1v) is 17.5. The van der Waals surface area contributed by atoms with Crippen molar-refractivity contribution in [1.29, 1.82) is 0 Å². The van der Waals surface area contributed by atoms with Gasteiger partial charge < -0.3 is 14.7 Å². The van der Waals surface area contributed by atoms with Gasteiger partial charge in [0.15, 0.2) is 21.3 Å². The number of hydrogen-bond acceptors (Lipinski definition) is 7. The lowest BCUT2D eigenvalue weighted by Gasteiger charge is -2.45. The van der Waals surface area contributed by atoms with E-state index < -0.39 is 55.9 Å². The van der Waals surface area contributed by atoms with Crippen LogP contribution in [-0.2, 0) is 29.0 Å². The molecule has 3 rings (SSSR count). The van der Waals surface area contributed by atoms with Crippen LogP contribution in [0, 0.1) is 5.92 Å². The molecule has 1 N–H and O–H groups in total. The van der Waals surface area contributed by atoms with Crippen molar-refractivity contribution in [1.82, 2.24) is 9.88 Å². The van der Waals surface area contributed by atoms with Gasteiger partial charge in [-0.3, -0.25) is 14.6 Å². The third-order valence-electron chi connectivity index (χ3n) is 8.89. The molecule has 3 heterocycles. The number of β-lactam (4-membered cyclic amide) rings is 1. The van der Waals surface area contributed by atoms with Gasteiger partial charge in [0.25, 0.3) is 0 Å². The molecule has 0 radical (unpaired) electrons. The van der Waals surface area contributed by atoms with Gasteiger partial charge in [0.05, 0.1) is 10.4 Å². The summed E-state index contributed by atoms with van der Waals surface area (Å²) in [5.74, 6) is -3.79. The van der Waals surface area contributed by atoms with E-state index in [0.29, 0.717) is 6.42 Å². The summed E-state index contributed by atoms with van der Waals surface area (Å²) in [5.41, 5.74) is 0.270. The number of carboxylic acid groups (broad SMARTS) is 1. The van der Waals surface area contributed by atoms with Gasteiger partial charge in [-0.1, -0.05) is 103 Å². The molecule has 0 unspecified atom stereocenters. The van der Waals surface area contributed by atoms with Gasteiger partial charge in [-0.05, 0) is 32.4 Å². The maximum absolute atomic E-state index is 13.4. The molecule has 1 aromatic heterocycles. The molecule has 4 atom stereocenters. The number of carboxylic acids is 1. The molecule has 1 amide bonds. The van der Waals surface area contributed by atoms with Crippen LogP contribution in [0.3, 0.4) is 0 Å². The summed E-state index contributed by atoms with van der Waals surface area (Å²) < 4.78 is 30.8. The normalized spacial score (nSPS) is 22.8. The number of amides is 1. The smallest absolute Gasteiger partial charge is 0.328 e. The third kappa shape index (κ3) is 7.91. The van der Waals surface area contributed by atoms with E-state index in [9.17, 15) is 27.9 Å².